The lowest BCUT2D eigenvalue weighted by atomic mass is 10.0. The Morgan fingerprint density at radius 3 is 2.67 bits per heavy atom. The smallest absolute Gasteiger partial charge is 0.0671 e. The van der Waals surface area contributed by atoms with Gasteiger partial charge in [-0.3, -0.25) is 0 Å². The second-order valence-electron chi connectivity index (χ2n) is 5.18. The molecule has 0 spiro atoms. The van der Waals surface area contributed by atoms with E-state index in [4.69, 9.17) is 9.84 Å². The van der Waals surface area contributed by atoms with Crippen molar-refractivity contribution in [1.82, 2.24) is 0 Å². The molecule has 3 heteroatoms. The lowest BCUT2D eigenvalue weighted by Crippen LogP contribution is -2.46. The highest BCUT2D eigenvalue weighted by Crippen LogP contribution is 2.24. The van der Waals surface area contributed by atoms with Gasteiger partial charge in [-0.2, -0.15) is 0 Å². The van der Waals surface area contributed by atoms with Crippen molar-refractivity contribution in [2.75, 3.05) is 31.3 Å². The maximum atomic E-state index is 9.12. The maximum absolute atomic E-state index is 9.12. The summed E-state index contributed by atoms with van der Waals surface area (Å²) in [4.78, 5) is 2.35. The van der Waals surface area contributed by atoms with E-state index < -0.39 is 0 Å². The van der Waals surface area contributed by atoms with Crippen molar-refractivity contribution >= 4 is 5.69 Å². The van der Waals surface area contributed by atoms with Crippen LogP contribution in [0.1, 0.15) is 31.7 Å². The van der Waals surface area contributed by atoms with E-state index >= 15 is 0 Å². The van der Waals surface area contributed by atoms with Crippen molar-refractivity contribution in [3.05, 3.63) is 29.8 Å². The predicted octanol–water partition coefficient (Wildman–Crippen LogP) is 2.40. The van der Waals surface area contributed by atoms with Crippen LogP contribution in [-0.4, -0.2) is 37.5 Å². The number of benzene rings is 1. The van der Waals surface area contributed by atoms with E-state index in [9.17, 15) is 0 Å². The van der Waals surface area contributed by atoms with Gasteiger partial charge in [0.25, 0.3) is 0 Å². The monoisotopic (exact) mass is 249 g/mol. The van der Waals surface area contributed by atoms with E-state index in [2.05, 4.69) is 43.0 Å². The number of rotatable bonds is 4. The summed E-state index contributed by atoms with van der Waals surface area (Å²) in [5.41, 5.74) is 2.60. The number of anilines is 1. The summed E-state index contributed by atoms with van der Waals surface area (Å²) in [6.07, 6.45) is 0.770. The highest BCUT2D eigenvalue weighted by molar-refractivity contribution is 5.49. The lowest BCUT2D eigenvalue weighted by molar-refractivity contribution is 0.0850. The largest absolute Gasteiger partial charge is 0.396 e. The molecule has 1 unspecified atom stereocenters. The van der Waals surface area contributed by atoms with Gasteiger partial charge in [0, 0.05) is 18.8 Å². The Labute approximate surface area is 109 Å². The summed E-state index contributed by atoms with van der Waals surface area (Å²) in [5, 5.41) is 9.12. The molecule has 0 amide bonds. The molecule has 1 aliphatic rings. The Morgan fingerprint density at radius 2 is 2.06 bits per heavy atom. The van der Waals surface area contributed by atoms with E-state index in [0.717, 1.165) is 19.6 Å². The van der Waals surface area contributed by atoms with Crippen molar-refractivity contribution < 1.29 is 9.84 Å². The van der Waals surface area contributed by atoms with Crippen LogP contribution in [0.25, 0.3) is 0 Å². The molecule has 1 heterocycles. The average molecular weight is 249 g/mol. The van der Waals surface area contributed by atoms with E-state index in [-0.39, 0.29) is 6.61 Å². The van der Waals surface area contributed by atoms with Gasteiger partial charge in [0.15, 0.2) is 0 Å². The molecule has 1 N–H and O–H groups in total. The zero-order chi connectivity index (χ0) is 13.0. The van der Waals surface area contributed by atoms with Gasteiger partial charge in [-0.05, 0) is 30.0 Å². The predicted molar refractivity (Wildman–Crippen MR) is 74.2 cm³/mol. The second kappa shape index (κ2) is 6.21. The van der Waals surface area contributed by atoms with Crippen LogP contribution in [0.5, 0.6) is 0 Å². The van der Waals surface area contributed by atoms with Crippen LogP contribution < -0.4 is 4.90 Å². The van der Waals surface area contributed by atoms with E-state index in [1.165, 1.54) is 11.3 Å². The normalized spacial score (nSPS) is 20.4. The second-order valence-corrected chi connectivity index (χ2v) is 5.18. The standard InChI is InChI=1S/C15H23NO2/c1-12(2)13-3-5-14(6-4-13)16-8-10-18-11-15(16)7-9-17/h3-6,12,15,17H,7-11H2,1-2H3. The van der Waals surface area contributed by atoms with Gasteiger partial charge in [-0.1, -0.05) is 26.0 Å². The Balaban J connectivity index is 2.12. The van der Waals surface area contributed by atoms with Crippen LogP contribution in [0.4, 0.5) is 5.69 Å². The van der Waals surface area contributed by atoms with Gasteiger partial charge < -0.3 is 14.7 Å². The molecule has 1 atom stereocenters. The van der Waals surface area contributed by atoms with Crippen molar-refractivity contribution in [3.8, 4) is 0 Å². The van der Waals surface area contributed by atoms with E-state index in [0.29, 0.717) is 18.6 Å². The van der Waals surface area contributed by atoms with Gasteiger partial charge in [-0.25, -0.2) is 0 Å². The SMILES string of the molecule is CC(C)c1ccc(N2CCOCC2CCO)cc1. The highest BCUT2D eigenvalue weighted by Gasteiger charge is 2.22. The first kappa shape index (κ1) is 13.4. The van der Waals surface area contributed by atoms with Crippen molar-refractivity contribution in [2.24, 2.45) is 0 Å². The summed E-state index contributed by atoms with van der Waals surface area (Å²) < 4.78 is 5.50. The molecule has 100 valence electrons. The molecule has 1 aromatic carbocycles. The molecule has 1 aliphatic heterocycles. The molecule has 1 saturated heterocycles. The Bertz CT molecular complexity index is 359. The lowest BCUT2D eigenvalue weighted by Gasteiger charge is -2.37. The van der Waals surface area contributed by atoms with Crippen LogP contribution >= 0.6 is 0 Å². The Morgan fingerprint density at radius 1 is 1.33 bits per heavy atom. The minimum Gasteiger partial charge on any atom is -0.396 e. The molecule has 1 aromatic rings. The van der Waals surface area contributed by atoms with E-state index in [1.807, 2.05) is 0 Å². The number of hydrogen-bond acceptors (Lipinski definition) is 3. The molecule has 18 heavy (non-hydrogen) atoms. The Hall–Kier alpha value is -1.06. The molecule has 0 aliphatic carbocycles. The van der Waals surface area contributed by atoms with Gasteiger partial charge in [0.1, 0.15) is 0 Å². The number of ether oxygens (including phenoxy) is 1. The van der Waals surface area contributed by atoms with Crippen molar-refractivity contribution in [1.29, 1.82) is 0 Å². The summed E-state index contributed by atoms with van der Waals surface area (Å²) in [5.74, 6) is 0.567. The number of nitrogens with zero attached hydrogens (tertiary/aromatic N) is 1. The first-order valence-corrected chi connectivity index (χ1v) is 6.77. The fourth-order valence-corrected chi connectivity index (χ4v) is 2.43. The topological polar surface area (TPSA) is 32.7 Å². The zero-order valence-corrected chi connectivity index (χ0v) is 11.3. The third-order valence-electron chi connectivity index (χ3n) is 3.58. The minimum atomic E-state index is 0.217. The molecule has 1 fully saturated rings. The summed E-state index contributed by atoms with van der Waals surface area (Å²) in [7, 11) is 0. The van der Waals surface area contributed by atoms with Crippen LogP contribution in [0.3, 0.4) is 0 Å². The van der Waals surface area contributed by atoms with Gasteiger partial charge in [-0.15, -0.1) is 0 Å². The summed E-state index contributed by atoms with van der Waals surface area (Å²) in [6, 6.07) is 9.07. The summed E-state index contributed by atoms with van der Waals surface area (Å²) in [6.45, 7) is 7.03. The number of aliphatic hydroxyl groups excluding tert-OH is 1. The molecule has 0 aromatic heterocycles. The number of aliphatic hydroxyl groups is 1. The molecule has 0 radical (unpaired) electrons. The van der Waals surface area contributed by atoms with Gasteiger partial charge in [0.05, 0.1) is 19.3 Å². The third kappa shape index (κ3) is 3.03. The van der Waals surface area contributed by atoms with Gasteiger partial charge in [0.2, 0.25) is 0 Å². The van der Waals surface area contributed by atoms with Crippen LogP contribution in [-0.2, 0) is 4.74 Å². The van der Waals surface area contributed by atoms with Crippen molar-refractivity contribution in [2.45, 2.75) is 32.2 Å². The summed E-state index contributed by atoms with van der Waals surface area (Å²) >= 11 is 0. The zero-order valence-electron chi connectivity index (χ0n) is 11.3. The third-order valence-corrected chi connectivity index (χ3v) is 3.58. The highest BCUT2D eigenvalue weighted by atomic mass is 16.5. The van der Waals surface area contributed by atoms with Crippen LogP contribution in [0, 0.1) is 0 Å². The first-order valence-electron chi connectivity index (χ1n) is 6.77. The average Bonchev–Trinajstić information content (AvgIpc) is 2.40. The number of morpholine rings is 1. The molecule has 0 bridgehead atoms. The first-order chi connectivity index (χ1) is 8.72. The molecular weight excluding hydrogens is 226 g/mol. The maximum Gasteiger partial charge on any atom is 0.0671 e. The molecular formula is C15H23NO2. The van der Waals surface area contributed by atoms with Crippen LogP contribution in [0.15, 0.2) is 24.3 Å². The Kier molecular flexibility index (Phi) is 4.61. The van der Waals surface area contributed by atoms with Gasteiger partial charge >= 0.3 is 0 Å². The molecule has 2 rings (SSSR count). The fourth-order valence-electron chi connectivity index (χ4n) is 2.43. The van der Waals surface area contributed by atoms with E-state index in [1.54, 1.807) is 0 Å². The van der Waals surface area contributed by atoms with Crippen molar-refractivity contribution in [3.63, 3.8) is 0 Å². The fraction of sp³-hybridized carbons (Fsp3) is 0.600. The van der Waals surface area contributed by atoms with Crippen LogP contribution in [0.2, 0.25) is 0 Å². The molecule has 3 nitrogen and oxygen atoms in total. The number of hydrogen-bond donors (Lipinski definition) is 1. The quantitative estimate of drug-likeness (QED) is 0.889. The minimum absolute atomic E-state index is 0.217. The molecule has 0 saturated carbocycles.